The van der Waals surface area contributed by atoms with E-state index in [2.05, 4.69) is 11.7 Å². The van der Waals surface area contributed by atoms with E-state index in [0.717, 1.165) is 49.4 Å². The van der Waals surface area contributed by atoms with Crippen LogP contribution >= 0.6 is 0 Å². The molecule has 0 amide bonds. The van der Waals surface area contributed by atoms with Gasteiger partial charge in [0.25, 0.3) is 0 Å². The van der Waals surface area contributed by atoms with Crippen LogP contribution < -0.4 is 4.74 Å². The molecular formula is C26H25F5O2. The fraction of sp³-hybridized carbons (Fsp3) is 0.308. The molecule has 3 aromatic rings. The van der Waals surface area contributed by atoms with Crippen molar-refractivity contribution in [2.75, 3.05) is 0 Å². The van der Waals surface area contributed by atoms with E-state index in [1.807, 2.05) is 12.1 Å². The van der Waals surface area contributed by atoms with Crippen LogP contribution in [0.5, 0.6) is 11.5 Å². The largest absolute Gasteiger partial charge is 0.507 e. The highest BCUT2D eigenvalue weighted by atomic mass is 19.3. The average Bonchev–Trinajstić information content (AvgIpc) is 2.76. The summed E-state index contributed by atoms with van der Waals surface area (Å²) in [6.07, 6.45) is 4.11. The average molecular weight is 464 g/mol. The molecule has 0 fully saturated rings. The predicted octanol–water partition coefficient (Wildman–Crippen LogP) is 7.60. The summed E-state index contributed by atoms with van der Waals surface area (Å²) in [5, 5.41) is 10.2. The molecule has 1 N–H and O–H groups in total. The third-order valence-corrected chi connectivity index (χ3v) is 5.48. The van der Waals surface area contributed by atoms with Gasteiger partial charge in [0.1, 0.15) is 17.4 Å². The molecule has 3 aromatic carbocycles. The van der Waals surface area contributed by atoms with E-state index < -0.39 is 35.6 Å². The molecule has 0 heterocycles. The summed E-state index contributed by atoms with van der Waals surface area (Å²) in [6.45, 7) is -1.04. The Bertz CT molecular complexity index is 1080. The van der Waals surface area contributed by atoms with Crippen LogP contribution in [-0.2, 0) is 19.3 Å². The van der Waals surface area contributed by atoms with Gasteiger partial charge in [0, 0.05) is 11.6 Å². The van der Waals surface area contributed by atoms with E-state index >= 15 is 4.39 Å². The molecule has 7 heteroatoms. The van der Waals surface area contributed by atoms with Crippen molar-refractivity contribution >= 4 is 0 Å². The second-order valence-corrected chi connectivity index (χ2v) is 7.84. The van der Waals surface area contributed by atoms with Crippen LogP contribution in [0, 0.1) is 17.5 Å². The molecule has 0 bridgehead atoms. The highest BCUT2D eigenvalue weighted by Gasteiger charge is 2.20. The lowest BCUT2D eigenvalue weighted by Gasteiger charge is -2.13. The van der Waals surface area contributed by atoms with Crippen molar-refractivity contribution in [2.45, 2.75) is 52.1 Å². The second kappa shape index (κ2) is 11.2. The number of ether oxygens (including phenoxy) is 1. The van der Waals surface area contributed by atoms with Gasteiger partial charge in [-0.1, -0.05) is 50.1 Å². The first-order valence-electron chi connectivity index (χ1n) is 10.8. The SMILES string of the molecule is CCCCCc1ccc(-c2c(O)cc(F)c(CCc3ccc(OC(F)F)c(F)c3)c2F)cc1. The lowest BCUT2D eigenvalue weighted by molar-refractivity contribution is -0.0522. The zero-order chi connectivity index (χ0) is 24.0. The molecule has 0 aromatic heterocycles. The van der Waals surface area contributed by atoms with Crippen LogP contribution in [-0.4, -0.2) is 11.7 Å². The molecule has 0 saturated heterocycles. The molecule has 0 aliphatic carbocycles. The summed E-state index contributed by atoms with van der Waals surface area (Å²) < 4.78 is 72.2. The van der Waals surface area contributed by atoms with Gasteiger partial charge in [0.15, 0.2) is 11.6 Å². The third kappa shape index (κ3) is 6.24. The maximum Gasteiger partial charge on any atom is 0.387 e. The number of phenols is 1. The van der Waals surface area contributed by atoms with Crippen LogP contribution in [0.1, 0.15) is 42.9 Å². The Kier molecular flexibility index (Phi) is 8.31. The standard InChI is InChI=1S/C26H25F5O2/c1-2-3-4-5-16-6-10-18(11-7-16)24-22(32)15-20(27)19(25(24)29)12-8-17-9-13-23(21(28)14-17)33-26(30)31/h6-7,9-11,13-15,26,32H,2-5,8,12H2,1H3. The summed E-state index contributed by atoms with van der Waals surface area (Å²) in [5.41, 5.74) is 1.53. The number of phenolic OH excluding ortho intramolecular Hbond substituents is 1. The molecule has 0 aliphatic heterocycles. The molecule has 2 nitrogen and oxygen atoms in total. The lowest BCUT2D eigenvalue weighted by atomic mass is 9.95. The van der Waals surface area contributed by atoms with E-state index in [0.29, 0.717) is 11.1 Å². The number of aryl methyl sites for hydroxylation is 2. The zero-order valence-electron chi connectivity index (χ0n) is 18.2. The summed E-state index contributed by atoms with van der Waals surface area (Å²) in [4.78, 5) is 0. The van der Waals surface area contributed by atoms with E-state index in [-0.39, 0.29) is 24.0 Å². The van der Waals surface area contributed by atoms with E-state index in [4.69, 9.17) is 0 Å². The van der Waals surface area contributed by atoms with Crippen LogP contribution in [0.15, 0.2) is 48.5 Å². The minimum absolute atomic E-state index is 0.0559. The van der Waals surface area contributed by atoms with Gasteiger partial charge in [-0.2, -0.15) is 8.78 Å². The van der Waals surface area contributed by atoms with Gasteiger partial charge in [-0.15, -0.1) is 0 Å². The summed E-state index contributed by atoms with van der Waals surface area (Å²) in [5.74, 6) is -3.89. The highest BCUT2D eigenvalue weighted by Crippen LogP contribution is 2.36. The van der Waals surface area contributed by atoms with Gasteiger partial charge in [0.2, 0.25) is 0 Å². The van der Waals surface area contributed by atoms with Gasteiger partial charge < -0.3 is 9.84 Å². The minimum Gasteiger partial charge on any atom is -0.507 e. The van der Waals surface area contributed by atoms with E-state index in [1.165, 1.54) is 6.07 Å². The Balaban J connectivity index is 1.80. The van der Waals surface area contributed by atoms with Crippen molar-refractivity contribution in [3.63, 3.8) is 0 Å². The number of halogens is 5. The molecule has 0 spiro atoms. The predicted molar refractivity (Wildman–Crippen MR) is 117 cm³/mol. The summed E-state index contributed by atoms with van der Waals surface area (Å²) in [7, 11) is 0. The van der Waals surface area contributed by atoms with Crippen molar-refractivity contribution in [3.8, 4) is 22.6 Å². The van der Waals surface area contributed by atoms with Gasteiger partial charge in [0.05, 0.1) is 5.56 Å². The van der Waals surface area contributed by atoms with Crippen molar-refractivity contribution in [1.29, 1.82) is 0 Å². The fourth-order valence-electron chi connectivity index (χ4n) is 3.73. The minimum atomic E-state index is -3.16. The molecule has 0 atom stereocenters. The number of rotatable bonds is 10. The van der Waals surface area contributed by atoms with E-state index in [9.17, 15) is 22.7 Å². The van der Waals surface area contributed by atoms with Crippen molar-refractivity contribution < 1.29 is 31.8 Å². The van der Waals surface area contributed by atoms with Gasteiger partial charge >= 0.3 is 6.61 Å². The molecule has 0 aliphatic rings. The fourth-order valence-corrected chi connectivity index (χ4v) is 3.73. The number of hydrogen-bond acceptors (Lipinski definition) is 2. The molecule has 33 heavy (non-hydrogen) atoms. The van der Waals surface area contributed by atoms with Gasteiger partial charge in [-0.3, -0.25) is 0 Å². The van der Waals surface area contributed by atoms with Crippen molar-refractivity contribution in [1.82, 2.24) is 0 Å². The number of aromatic hydroxyl groups is 1. The molecule has 0 radical (unpaired) electrons. The van der Waals surface area contributed by atoms with Crippen LogP contribution in [0.25, 0.3) is 11.1 Å². The number of unbranched alkanes of at least 4 members (excludes halogenated alkanes) is 2. The van der Waals surface area contributed by atoms with Crippen LogP contribution in [0.3, 0.4) is 0 Å². The molecular weight excluding hydrogens is 439 g/mol. The topological polar surface area (TPSA) is 29.5 Å². The molecule has 0 saturated carbocycles. The van der Waals surface area contributed by atoms with Crippen LogP contribution in [0.4, 0.5) is 22.0 Å². The monoisotopic (exact) mass is 464 g/mol. The first-order valence-corrected chi connectivity index (χ1v) is 10.8. The maximum atomic E-state index is 15.2. The first-order chi connectivity index (χ1) is 15.8. The number of alkyl halides is 2. The third-order valence-electron chi connectivity index (χ3n) is 5.48. The zero-order valence-corrected chi connectivity index (χ0v) is 18.2. The Morgan fingerprint density at radius 1 is 0.818 bits per heavy atom. The summed E-state index contributed by atoms with van der Waals surface area (Å²) in [6, 6.07) is 11.4. The molecule has 3 rings (SSSR count). The second-order valence-electron chi connectivity index (χ2n) is 7.84. The van der Waals surface area contributed by atoms with Crippen molar-refractivity contribution in [2.24, 2.45) is 0 Å². The number of hydrogen-bond donors (Lipinski definition) is 1. The Morgan fingerprint density at radius 3 is 2.15 bits per heavy atom. The first kappa shape index (κ1) is 24.6. The number of benzene rings is 3. The maximum absolute atomic E-state index is 15.2. The smallest absolute Gasteiger partial charge is 0.387 e. The van der Waals surface area contributed by atoms with Gasteiger partial charge in [-0.25, -0.2) is 13.2 Å². The van der Waals surface area contributed by atoms with E-state index in [1.54, 1.807) is 12.1 Å². The Hall–Kier alpha value is -3.09. The summed E-state index contributed by atoms with van der Waals surface area (Å²) >= 11 is 0. The van der Waals surface area contributed by atoms with Crippen molar-refractivity contribution in [3.05, 3.63) is 82.7 Å². The highest BCUT2D eigenvalue weighted by molar-refractivity contribution is 5.72. The van der Waals surface area contributed by atoms with Gasteiger partial charge in [-0.05, 0) is 54.5 Å². The normalized spacial score (nSPS) is 11.2. The quantitative estimate of drug-likeness (QED) is 0.247. The Morgan fingerprint density at radius 2 is 1.52 bits per heavy atom. The Labute approximate surface area is 189 Å². The van der Waals surface area contributed by atoms with Crippen LogP contribution in [0.2, 0.25) is 0 Å². The lowest BCUT2D eigenvalue weighted by Crippen LogP contribution is -2.05. The molecule has 176 valence electrons. The molecule has 0 unspecified atom stereocenters.